The van der Waals surface area contributed by atoms with Crippen LogP contribution in [0.3, 0.4) is 0 Å². The molecule has 0 fully saturated rings. The van der Waals surface area contributed by atoms with Crippen molar-refractivity contribution in [2.75, 3.05) is 20.7 Å². The first-order chi connectivity index (χ1) is 14.2. The lowest BCUT2D eigenvalue weighted by atomic mass is 10.1. The van der Waals surface area contributed by atoms with Crippen molar-refractivity contribution < 1.29 is 9.47 Å². The van der Waals surface area contributed by atoms with Crippen LogP contribution in [0.25, 0.3) is 5.69 Å². The van der Waals surface area contributed by atoms with E-state index in [2.05, 4.69) is 32.7 Å². The standard InChI is InChI=1S/C22H27N5O2/c1-17(29-20-9-6-8-19(13-20)28-3)14-25-22(23-2)26-15-18-7-4-5-10-21(18)27-12-11-24-16-27/h4-13,16-17H,14-15H2,1-3H3,(H2,23,25,26). The molecule has 0 bridgehead atoms. The summed E-state index contributed by atoms with van der Waals surface area (Å²) >= 11 is 0. The summed E-state index contributed by atoms with van der Waals surface area (Å²) in [6.07, 6.45) is 5.46. The minimum atomic E-state index is -0.0427. The van der Waals surface area contributed by atoms with E-state index in [4.69, 9.17) is 9.47 Å². The average molecular weight is 393 g/mol. The molecule has 1 heterocycles. The molecule has 0 aliphatic rings. The van der Waals surface area contributed by atoms with Crippen LogP contribution in [-0.2, 0) is 6.54 Å². The Labute approximate surface area is 171 Å². The number of aliphatic imine (C=N–C) groups is 1. The Bertz CT molecular complexity index is 924. The highest BCUT2D eigenvalue weighted by molar-refractivity contribution is 5.79. The molecule has 29 heavy (non-hydrogen) atoms. The molecular formula is C22H27N5O2. The molecule has 0 saturated heterocycles. The Kier molecular flexibility index (Phi) is 7.10. The summed E-state index contributed by atoms with van der Waals surface area (Å²) in [5.74, 6) is 2.26. The van der Waals surface area contributed by atoms with Crippen molar-refractivity contribution in [2.24, 2.45) is 4.99 Å². The number of hydrogen-bond acceptors (Lipinski definition) is 4. The van der Waals surface area contributed by atoms with Crippen molar-refractivity contribution >= 4 is 5.96 Å². The molecule has 2 aromatic carbocycles. The number of para-hydroxylation sites is 1. The maximum absolute atomic E-state index is 5.95. The Morgan fingerprint density at radius 3 is 2.72 bits per heavy atom. The minimum absolute atomic E-state index is 0.0427. The number of nitrogens with one attached hydrogen (secondary N) is 2. The average Bonchev–Trinajstić information content (AvgIpc) is 3.29. The second-order valence-electron chi connectivity index (χ2n) is 6.51. The molecule has 0 radical (unpaired) electrons. The fourth-order valence-electron chi connectivity index (χ4n) is 2.90. The Morgan fingerprint density at radius 2 is 1.97 bits per heavy atom. The molecule has 0 saturated carbocycles. The smallest absolute Gasteiger partial charge is 0.191 e. The fourth-order valence-corrected chi connectivity index (χ4v) is 2.90. The highest BCUT2D eigenvalue weighted by Gasteiger charge is 2.08. The molecular weight excluding hydrogens is 366 g/mol. The third kappa shape index (κ3) is 5.75. The van der Waals surface area contributed by atoms with Crippen molar-refractivity contribution in [3.05, 3.63) is 72.8 Å². The van der Waals surface area contributed by atoms with E-state index >= 15 is 0 Å². The third-order valence-corrected chi connectivity index (χ3v) is 4.38. The quantitative estimate of drug-likeness (QED) is 0.455. The number of aromatic nitrogens is 2. The number of imidazole rings is 1. The Morgan fingerprint density at radius 1 is 1.14 bits per heavy atom. The van der Waals surface area contributed by atoms with E-state index < -0.39 is 0 Å². The van der Waals surface area contributed by atoms with Crippen molar-refractivity contribution in [3.8, 4) is 17.2 Å². The van der Waals surface area contributed by atoms with Gasteiger partial charge in [-0.2, -0.15) is 0 Å². The molecule has 1 aromatic heterocycles. The first kappa shape index (κ1) is 20.3. The largest absolute Gasteiger partial charge is 0.497 e. The lowest BCUT2D eigenvalue weighted by molar-refractivity contribution is 0.223. The molecule has 152 valence electrons. The number of hydrogen-bond donors (Lipinski definition) is 2. The van der Waals surface area contributed by atoms with Crippen molar-refractivity contribution in [1.82, 2.24) is 20.2 Å². The molecule has 7 heteroatoms. The second kappa shape index (κ2) is 10.2. The summed E-state index contributed by atoms with van der Waals surface area (Å²) in [5, 5.41) is 6.66. The minimum Gasteiger partial charge on any atom is -0.497 e. The second-order valence-corrected chi connectivity index (χ2v) is 6.51. The first-order valence-electron chi connectivity index (χ1n) is 9.51. The zero-order chi connectivity index (χ0) is 20.5. The van der Waals surface area contributed by atoms with E-state index in [0.29, 0.717) is 19.0 Å². The van der Waals surface area contributed by atoms with Crippen LogP contribution >= 0.6 is 0 Å². The zero-order valence-corrected chi connectivity index (χ0v) is 17.0. The van der Waals surface area contributed by atoms with Crippen LogP contribution in [0.5, 0.6) is 11.5 Å². The monoisotopic (exact) mass is 393 g/mol. The van der Waals surface area contributed by atoms with Crippen LogP contribution in [0.2, 0.25) is 0 Å². The van der Waals surface area contributed by atoms with Crippen molar-refractivity contribution in [3.63, 3.8) is 0 Å². The first-order valence-corrected chi connectivity index (χ1v) is 9.51. The summed E-state index contributed by atoms with van der Waals surface area (Å²) in [7, 11) is 3.40. The van der Waals surface area contributed by atoms with E-state index in [-0.39, 0.29) is 6.10 Å². The SMILES string of the molecule is CN=C(NCc1ccccc1-n1ccnc1)NCC(C)Oc1cccc(OC)c1. The van der Waals surface area contributed by atoms with Crippen LogP contribution in [0.15, 0.2) is 72.2 Å². The lowest BCUT2D eigenvalue weighted by Crippen LogP contribution is -2.41. The van der Waals surface area contributed by atoms with Gasteiger partial charge in [0.1, 0.15) is 17.6 Å². The number of methoxy groups -OCH3 is 1. The van der Waals surface area contributed by atoms with Crippen molar-refractivity contribution in [2.45, 2.75) is 19.6 Å². The summed E-state index contributed by atoms with van der Waals surface area (Å²) < 4.78 is 13.2. The van der Waals surface area contributed by atoms with Gasteiger partial charge < -0.3 is 24.7 Å². The topological polar surface area (TPSA) is 72.7 Å². The van der Waals surface area contributed by atoms with Gasteiger partial charge in [0.25, 0.3) is 0 Å². The summed E-state index contributed by atoms with van der Waals surface area (Å²) in [6, 6.07) is 15.8. The maximum atomic E-state index is 5.95. The van der Waals surface area contributed by atoms with E-state index in [9.17, 15) is 0 Å². The van der Waals surface area contributed by atoms with Gasteiger partial charge in [-0.3, -0.25) is 4.99 Å². The van der Waals surface area contributed by atoms with Gasteiger partial charge in [0.2, 0.25) is 0 Å². The van der Waals surface area contributed by atoms with Gasteiger partial charge in [-0.25, -0.2) is 4.98 Å². The van der Waals surface area contributed by atoms with E-state index in [1.54, 1.807) is 26.7 Å². The van der Waals surface area contributed by atoms with Crippen LogP contribution in [0.4, 0.5) is 0 Å². The van der Waals surface area contributed by atoms with Crippen molar-refractivity contribution in [1.29, 1.82) is 0 Å². The maximum Gasteiger partial charge on any atom is 0.191 e. The molecule has 7 nitrogen and oxygen atoms in total. The molecule has 0 aliphatic heterocycles. The molecule has 3 aromatic rings. The number of guanidine groups is 1. The summed E-state index contributed by atoms with van der Waals surface area (Å²) in [5.41, 5.74) is 2.23. The van der Waals surface area contributed by atoms with Crippen LogP contribution < -0.4 is 20.1 Å². The highest BCUT2D eigenvalue weighted by Crippen LogP contribution is 2.19. The van der Waals surface area contributed by atoms with E-state index in [1.165, 1.54) is 0 Å². The zero-order valence-electron chi connectivity index (χ0n) is 17.0. The molecule has 0 spiro atoms. The molecule has 1 unspecified atom stereocenters. The number of nitrogens with zero attached hydrogens (tertiary/aromatic N) is 3. The van der Waals surface area contributed by atoms with Gasteiger partial charge >= 0.3 is 0 Å². The predicted molar refractivity (Wildman–Crippen MR) is 115 cm³/mol. The van der Waals surface area contributed by atoms with Gasteiger partial charge in [-0.15, -0.1) is 0 Å². The van der Waals surface area contributed by atoms with E-state index in [1.807, 2.05) is 54.1 Å². The molecule has 3 rings (SSSR count). The van der Waals surface area contributed by atoms with Gasteiger partial charge in [-0.1, -0.05) is 24.3 Å². The lowest BCUT2D eigenvalue weighted by Gasteiger charge is -2.18. The molecule has 0 aliphatic carbocycles. The van der Waals surface area contributed by atoms with Crippen LogP contribution in [0.1, 0.15) is 12.5 Å². The fraction of sp³-hybridized carbons (Fsp3) is 0.273. The third-order valence-electron chi connectivity index (χ3n) is 4.38. The summed E-state index contributed by atoms with van der Waals surface area (Å²) in [4.78, 5) is 8.43. The Balaban J connectivity index is 1.52. The number of rotatable bonds is 8. The predicted octanol–water partition coefficient (Wildman–Crippen LogP) is 3.01. The van der Waals surface area contributed by atoms with Gasteiger partial charge in [0.05, 0.1) is 25.7 Å². The highest BCUT2D eigenvalue weighted by atomic mass is 16.5. The van der Waals surface area contributed by atoms with Crippen LogP contribution in [-0.4, -0.2) is 42.3 Å². The van der Waals surface area contributed by atoms with Gasteiger partial charge in [0.15, 0.2) is 5.96 Å². The number of ether oxygens (including phenoxy) is 2. The van der Waals surface area contributed by atoms with Gasteiger partial charge in [-0.05, 0) is 30.7 Å². The molecule has 1 atom stereocenters. The molecule has 2 N–H and O–H groups in total. The Hall–Kier alpha value is -3.48. The van der Waals surface area contributed by atoms with Gasteiger partial charge in [0, 0.05) is 32.1 Å². The van der Waals surface area contributed by atoms with E-state index in [0.717, 1.165) is 22.7 Å². The number of benzene rings is 2. The summed E-state index contributed by atoms with van der Waals surface area (Å²) in [6.45, 7) is 3.26. The normalized spacial score (nSPS) is 12.3. The molecule has 0 amide bonds. The van der Waals surface area contributed by atoms with Crippen LogP contribution in [0, 0.1) is 0 Å².